The van der Waals surface area contributed by atoms with Crippen LogP contribution < -0.4 is 4.74 Å². The first-order chi connectivity index (χ1) is 14.6. The molecule has 1 aliphatic rings. The summed E-state index contributed by atoms with van der Waals surface area (Å²) in [6.45, 7) is 0.677. The number of methoxy groups -OCH3 is 1. The van der Waals surface area contributed by atoms with Gasteiger partial charge in [0.1, 0.15) is 5.75 Å². The van der Waals surface area contributed by atoms with Crippen LogP contribution in [0.5, 0.6) is 5.75 Å². The van der Waals surface area contributed by atoms with Gasteiger partial charge in [-0.25, -0.2) is 4.79 Å². The molecule has 1 aromatic heterocycles. The SMILES string of the molecule is COC(=O)COc1cccc2c1CCC(Cn1cc(C(=O)c3ccccc3)cn1)C2. The van der Waals surface area contributed by atoms with Crippen molar-refractivity contribution in [2.24, 2.45) is 5.92 Å². The summed E-state index contributed by atoms with van der Waals surface area (Å²) in [5.74, 6) is 0.781. The van der Waals surface area contributed by atoms with Gasteiger partial charge in [0.2, 0.25) is 0 Å². The number of carbonyl (C=O) groups excluding carboxylic acids is 2. The van der Waals surface area contributed by atoms with Gasteiger partial charge in [-0.05, 0) is 42.4 Å². The van der Waals surface area contributed by atoms with Crippen molar-refractivity contribution in [3.05, 3.63) is 83.2 Å². The Balaban J connectivity index is 1.41. The Morgan fingerprint density at radius 3 is 2.73 bits per heavy atom. The van der Waals surface area contributed by atoms with E-state index in [2.05, 4.69) is 15.9 Å². The zero-order valence-corrected chi connectivity index (χ0v) is 16.9. The van der Waals surface area contributed by atoms with E-state index < -0.39 is 0 Å². The molecular weight excluding hydrogens is 380 g/mol. The van der Waals surface area contributed by atoms with Gasteiger partial charge in [0, 0.05) is 18.3 Å². The summed E-state index contributed by atoms with van der Waals surface area (Å²) >= 11 is 0. The zero-order valence-electron chi connectivity index (χ0n) is 16.9. The van der Waals surface area contributed by atoms with Crippen LogP contribution in [0.2, 0.25) is 0 Å². The number of aromatic nitrogens is 2. The number of fused-ring (bicyclic) bond motifs is 1. The van der Waals surface area contributed by atoms with E-state index in [4.69, 9.17) is 4.74 Å². The second-order valence-corrected chi connectivity index (χ2v) is 7.51. The number of carbonyl (C=O) groups is 2. The van der Waals surface area contributed by atoms with E-state index in [-0.39, 0.29) is 18.4 Å². The van der Waals surface area contributed by atoms with Crippen LogP contribution in [0.4, 0.5) is 0 Å². The lowest BCUT2D eigenvalue weighted by Crippen LogP contribution is -2.21. The van der Waals surface area contributed by atoms with Crippen LogP contribution in [-0.2, 0) is 28.9 Å². The molecule has 0 spiro atoms. The van der Waals surface area contributed by atoms with Gasteiger partial charge in [0.05, 0.1) is 18.9 Å². The molecular formula is C24H24N2O4. The summed E-state index contributed by atoms with van der Waals surface area (Å²) in [5, 5.41) is 4.41. The maximum atomic E-state index is 12.6. The van der Waals surface area contributed by atoms with E-state index in [9.17, 15) is 9.59 Å². The first-order valence-corrected chi connectivity index (χ1v) is 10.1. The quantitative estimate of drug-likeness (QED) is 0.445. The average molecular weight is 404 g/mol. The summed E-state index contributed by atoms with van der Waals surface area (Å²) in [6, 6.07) is 15.2. The molecule has 1 aliphatic carbocycles. The van der Waals surface area contributed by atoms with E-state index in [0.717, 1.165) is 37.1 Å². The van der Waals surface area contributed by atoms with Crippen molar-refractivity contribution in [3.63, 3.8) is 0 Å². The summed E-state index contributed by atoms with van der Waals surface area (Å²) in [6.07, 6.45) is 6.26. The monoisotopic (exact) mass is 404 g/mol. The van der Waals surface area contributed by atoms with Crippen molar-refractivity contribution in [1.29, 1.82) is 0 Å². The number of nitrogens with zero attached hydrogens (tertiary/aromatic N) is 2. The largest absolute Gasteiger partial charge is 0.482 e. The van der Waals surface area contributed by atoms with E-state index in [1.807, 2.05) is 53.3 Å². The number of esters is 1. The molecule has 1 unspecified atom stereocenters. The number of benzene rings is 2. The molecule has 0 saturated heterocycles. The molecule has 4 rings (SSSR count). The molecule has 0 fully saturated rings. The minimum atomic E-state index is -0.388. The molecule has 0 bridgehead atoms. The Morgan fingerprint density at radius 1 is 1.10 bits per heavy atom. The highest BCUT2D eigenvalue weighted by molar-refractivity contribution is 6.08. The third-order valence-corrected chi connectivity index (χ3v) is 5.49. The third kappa shape index (κ3) is 4.43. The lowest BCUT2D eigenvalue weighted by molar-refractivity contribution is -0.142. The predicted octanol–water partition coefficient (Wildman–Crippen LogP) is 3.47. The van der Waals surface area contributed by atoms with Gasteiger partial charge >= 0.3 is 5.97 Å². The number of ether oxygens (including phenoxy) is 2. The van der Waals surface area contributed by atoms with Crippen molar-refractivity contribution < 1.29 is 19.1 Å². The summed E-state index contributed by atoms with van der Waals surface area (Å²) < 4.78 is 12.2. The molecule has 6 nitrogen and oxygen atoms in total. The van der Waals surface area contributed by atoms with Gasteiger partial charge in [-0.2, -0.15) is 5.10 Å². The van der Waals surface area contributed by atoms with Crippen LogP contribution in [0.15, 0.2) is 60.9 Å². The molecule has 2 aromatic carbocycles. The molecule has 1 atom stereocenters. The van der Waals surface area contributed by atoms with E-state index in [1.165, 1.54) is 12.7 Å². The summed E-state index contributed by atoms with van der Waals surface area (Å²) in [5.41, 5.74) is 3.68. The fraction of sp³-hybridized carbons (Fsp3) is 0.292. The first-order valence-electron chi connectivity index (χ1n) is 10.1. The molecule has 1 heterocycles. The third-order valence-electron chi connectivity index (χ3n) is 5.49. The molecule has 6 heteroatoms. The highest BCUT2D eigenvalue weighted by Gasteiger charge is 2.23. The maximum absolute atomic E-state index is 12.6. The highest BCUT2D eigenvalue weighted by atomic mass is 16.6. The van der Waals surface area contributed by atoms with Crippen LogP contribution in [0.1, 0.15) is 33.5 Å². The Labute approximate surface area is 175 Å². The minimum Gasteiger partial charge on any atom is -0.482 e. The molecule has 3 aromatic rings. The zero-order chi connectivity index (χ0) is 20.9. The van der Waals surface area contributed by atoms with Crippen LogP contribution in [-0.4, -0.2) is 35.2 Å². The minimum absolute atomic E-state index is 0.0109. The fourth-order valence-corrected chi connectivity index (χ4v) is 3.94. The second kappa shape index (κ2) is 8.95. The standard InChI is InChI=1S/C24H24N2O4/c1-29-23(27)16-30-22-9-5-8-19-12-17(10-11-21(19)22)14-26-15-20(13-25-26)24(28)18-6-3-2-4-7-18/h2-9,13,15,17H,10-12,14,16H2,1H3. The highest BCUT2D eigenvalue weighted by Crippen LogP contribution is 2.33. The first kappa shape index (κ1) is 19.9. The summed E-state index contributed by atoms with van der Waals surface area (Å²) in [7, 11) is 1.35. The van der Waals surface area contributed by atoms with Gasteiger partial charge in [-0.15, -0.1) is 0 Å². The molecule has 0 radical (unpaired) electrons. The molecule has 0 N–H and O–H groups in total. The van der Waals surface area contributed by atoms with Crippen molar-refractivity contribution in [3.8, 4) is 5.75 Å². The Bertz CT molecular complexity index is 1040. The van der Waals surface area contributed by atoms with Crippen LogP contribution in [0.3, 0.4) is 0 Å². The molecule has 0 aliphatic heterocycles. The van der Waals surface area contributed by atoms with E-state index in [0.29, 0.717) is 17.0 Å². The predicted molar refractivity (Wildman–Crippen MR) is 112 cm³/mol. The van der Waals surface area contributed by atoms with E-state index >= 15 is 0 Å². The lowest BCUT2D eigenvalue weighted by atomic mass is 9.83. The van der Waals surface area contributed by atoms with Gasteiger partial charge in [0.25, 0.3) is 0 Å². The molecule has 30 heavy (non-hydrogen) atoms. The van der Waals surface area contributed by atoms with Crippen LogP contribution >= 0.6 is 0 Å². The Kier molecular flexibility index (Phi) is 5.93. The normalized spacial score (nSPS) is 15.3. The molecule has 154 valence electrons. The number of rotatable bonds is 7. The maximum Gasteiger partial charge on any atom is 0.343 e. The van der Waals surface area contributed by atoms with Gasteiger partial charge in [-0.1, -0.05) is 42.5 Å². The van der Waals surface area contributed by atoms with E-state index in [1.54, 1.807) is 6.20 Å². The molecule has 0 saturated carbocycles. The average Bonchev–Trinajstić information content (AvgIpc) is 3.25. The topological polar surface area (TPSA) is 70.4 Å². The van der Waals surface area contributed by atoms with Gasteiger partial charge in [0.15, 0.2) is 12.4 Å². The number of hydrogen-bond donors (Lipinski definition) is 0. The van der Waals surface area contributed by atoms with Gasteiger partial charge in [-0.3, -0.25) is 9.48 Å². The second-order valence-electron chi connectivity index (χ2n) is 7.51. The van der Waals surface area contributed by atoms with Crippen molar-refractivity contribution >= 4 is 11.8 Å². The number of hydrogen-bond acceptors (Lipinski definition) is 5. The van der Waals surface area contributed by atoms with Crippen LogP contribution in [0, 0.1) is 5.92 Å². The Morgan fingerprint density at radius 2 is 1.93 bits per heavy atom. The van der Waals surface area contributed by atoms with Crippen molar-refractivity contribution in [2.45, 2.75) is 25.8 Å². The van der Waals surface area contributed by atoms with Crippen LogP contribution in [0.25, 0.3) is 0 Å². The smallest absolute Gasteiger partial charge is 0.343 e. The lowest BCUT2D eigenvalue weighted by Gasteiger charge is -2.26. The van der Waals surface area contributed by atoms with Crippen molar-refractivity contribution in [1.82, 2.24) is 9.78 Å². The van der Waals surface area contributed by atoms with Crippen molar-refractivity contribution in [2.75, 3.05) is 13.7 Å². The molecule has 0 amide bonds. The van der Waals surface area contributed by atoms with Gasteiger partial charge < -0.3 is 9.47 Å². The number of ketones is 1. The fourth-order valence-electron chi connectivity index (χ4n) is 3.94. The summed E-state index contributed by atoms with van der Waals surface area (Å²) in [4.78, 5) is 24.0. The Hall–Kier alpha value is -3.41.